The molecule has 2 amide bonds. The maximum Gasteiger partial charge on any atom is 0.327 e. The Kier molecular flexibility index (Phi) is 2.81. The minimum atomic E-state index is -0.423. The number of urea groups is 1. The van der Waals surface area contributed by atoms with Crippen LogP contribution < -0.4 is 10.6 Å². The fourth-order valence-electron chi connectivity index (χ4n) is 1.08. The molecule has 6 heteroatoms. The first-order valence-electron chi connectivity index (χ1n) is 4.65. The largest absolute Gasteiger partial charge is 0.338 e. The quantitative estimate of drug-likeness (QED) is 0.808. The van der Waals surface area contributed by atoms with Crippen molar-refractivity contribution in [2.75, 3.05) is 10.6 Å². The highest BCUT2D eigenvalue weighted by Gasteiger charge is 2.04. The van der Waals surface area contributed by atoms with Crippen LogP contribution in [-0.4, -0.2) is 16.2 Å². The molecule has 6 nitrogen and oxygen atoms in total. The number of amides is 2. The summed E-state index contributed by atoms with van der Waals surface area (Å²) in [5, 5.41) is 8.49. The first kappa shape index (κ1) is 10.2. The van der Waals surface area contributed by atoms with E-state index in [0.717, 1.165) is 5.56 Å². The Labute approximate surface area is 91.7 Å². The number of nitrogens with zero attached hydrogens (tertiary/aromatic N) is 2. The highest BCUT2D eigenvalue weighted by atomic mass is 16.5. The summed E-state index contributed by atoms with van der Waals surface area (Å²) in [6, 6.07) is 4.70. The molecule has 0 unspecified atom stereocenters. The maximum absolute atomic E-state index is 11.4. The molecule has 0 aliphatic rings. The van der Waals surface area contributed by atoms with Crippen LogP contribution in [0.2, 0.25) is 0 Å². The molecule has 0 fully saturated rings. The molecule has 0 aliphatic heterocycles. The van der Waals surface area contributed by atoms with E-state index in [9.17, 15) is 4.79 Å². The van der Waals surface area contributed by atoms with E-state index in [1.165, 1.54) is 6.20 Å². The van der Waals surface area contributed by atoms with Gasteiger partial charge in [-0.3, -0.25) is 10.6 Å². The molecule has 0 bridgehead atoms. The molecular weight excluding hydrogens is 208 g/mol. The number of rotatable bonds is 2. The van der Waals surface area contributed by atoms with Crippen molar-refractivity contribution in [2.45, 2.75) is 6.92 Å². The molecule has 2 heterocycles. The molecule has 2 rings (SSSR count). The van der Waals surface area contributed by atoms with Crippen molar-refractivity contribution >= 4 is 17.7 Å². The fraction of sp³-hybridized carbons (Fsp3) is 0.100. The van der Waals surface area contributed by atoms with Gasteiger partial charge in [0.25, 0.3) is 0 Å². The van der Waals surface area contributed by atoms with Crippen LogP contribution in [0, 0.1) is 6.92 Å². The third kappa shape index (κ3) is 2.57. The van der Waals surface area contributed by atoms with Crippen LogP contribution in [0.4, 0.5) is 16.5 Å². The van der Waals surface area contributed by atoms with E-state index >= 15 is 0 Å². The van der Waals surface area contributed by atoms with Gasteiger partial charge in [0, 0.05) is 12.3 Å². The molecular formula is C10H10N4O2. The van der Waals surface area contributed by atoms with Crippen LogP contribution in [0.5, 0.6) is 0 Å². The normalized spacial score (nSPS) is 9.81. The molecule has 2 aromatic rings. The van der Waals surface area contributed by atoms with Crippen LogP contribution >= 0.6 is 0 Å². The number of carbonyl (C=O) groups excluding carboxylic acids is 1. The lowest BCUT2D eigenvalue weighted by molar-refractivity contribution is 0.261. The van der Waals surface area contributed by atoms with E-state index in [4.69, 9.17) is 4.52 Å². The van der Waals surface area contributed by atoms with Crippen LogP contribution in [0.3, 0.4) is 0 Å². The monoisotopic (exact) mass is 218 g/mol. The summed E-state index contributed by atoms with van der Waals surface area (Å²) < 4.78 is 4.72. The predicted octanol–water partition coefficient (Wildman–Crippen LogP) is 2.02. The van der Waals surface area contributed by atoms with Crippen molar-refractivity contribution in [1.29, 1.82) is 0 Å². The fourth-order valence-corrected chi connectivity index (χ4v) is 1.08. The third-order valence-electron chi connectivity index (χ3n) is 1.83. The lowest BCUT2D eigenvalue weighted by Crippen LogP contribution is -2.19. The molecule has 0 aliphatic carbocycles. The SMILES string of the molecule is Cc1ccc(NC(=O)Nc2ccno2)nc1. The molecule has 0 saturated heterocycles. The van der Waals surface area contributed by atoms with Gasteiger partial charge in [-0.05, 0) is 18.6 Å². The molecule has 0 saturated carbocycles. The number of aryl methyl sites for hydroxylation is 1. The first-order chi connectivity index (χ1) is 7.74. The predicted molar refractivity (Wildman–Crippen MR) is 58.1 cm³/mol. The van der Waals surface area contributed by atoms with Crippen molar-refractivity contribution < 1.29 is 9.32 Å². The van der Waals surface area contributed by atoms with E-state index in [1.807, 2.05) is 13.0 Å². The van der Waals surface area contributed by atoms with Crippen LogP contribution in [-0.2, 0) is 0 Å². The van der Waals surface area contributed by atoms with Gasteiger partial charge in [0.1, 0.15) is 5.82 Å². The van der Waals surface area contributed by atoms with Crippen molar-refractivity contribution in [3.05, 3.63) is 36.2 Å². The summed E-state index contributed by atoms with van der Waals surface area (Å²) in [5.74, 6) is 0.757. The zero-order chi connectivity index (χ0) is 11.4. The molecule has 82 valence electrons. The molecule has 2 aromatic heterocycles. The second-order valence-electron chi connectivity index (χ2n) is 3.18. The Bertz CT molecular complexity index is 464. The van der Waals surface area contributed by atoms with Gasteiger partial charge < -0.3 is 4.52 Å². The van der Waals surface area contributed by atoms with Gasteiger partial charge in [-0.1, -0.05) is 11.2 Å². The number of anilines is 2. The molecule has 0 aromatic carbocycles. The van der Waals surface area contributed by atoms with Gasteiger partial charge in [0.15, 0.2) is 0 Å². The second kappa shape index (κ2) is 4.43. The smallest absolute Gasteiger partial charge is 0.327 e. The Morgan fingerprint density at radius 2 is 2.19 bits per heavy atom. The summed E-state index contributed by atoms with van der Waals surface area (Å²) in [6.45, 7) is 1.92. The Morgan fingerprint density at radius 3 is 2.81 bits per heavy atom. The molecule has 0 spiro atoms. The standard InChI is InChI=1S/C10H10N4O2/c1-7-2-3-8(11-6-7)13-10(15)14-9-4-5-12-16-9/h2-6H,1H3,(H2,11,13,14,15). The van der Waals surface area contributed by atoms with Crippen LogP contribution in [0.1, 0.15) is 5.56 Å². The van der Waals surface area contributed by atoms with Crippen molar-refractivity contribution in [3.8, 4) is 0 Å². The van der Waals surface area contributed by atoms with E-state index in [2.05, 4.69) is 20.8 Å². The number of hydrogen-bond acceptors (Lipinski definition) is 4. The Balaban J connectivity index is 1.95. The minimum absolute atomic E-state index is 0.282. The van der Waals surface area contributed by atoms with Gasteiger partial charge in [0.05, 0.1) is 6.20 Å². The topological polar surface area (TPSA) is 80.0 Å². The molecule has 0 radical (unpaired) electrons. The number of aromatic nitrogens is 2. The summed E-state index contributed by atoms with van der Waals surface area (Å²) in [6.07, 6.45) is 3.11. The average molecular weight is 218 g/mol. The van der Waals surface area contributed by atoms with Crippen LogP contribution in [0.15, 0.2) is 35.1 Å². The molecule has 16 heavy (non-hydrogen) atoms. The van der Waals surface area contributed by atoms with E-state index < -0.39 is 6.03 Å². The average Bonchev–Trinajstić information content (AvgIpc) is 2.74. The van der Waals surface area contributed by atoms with Gasteiger partial charge >= 0.3 is 6.03 Å². The molecule has 2 N–H and O–H groups in total. The van der Waals surface area contributed by atoms with Crippen LogP contribution in [0.25, 0.3) is 0 Å². The zero-order valence-corrected chi connectivity index (χ0v) is 8.60. The van der Waals surface area contributed by atoms with E-state index in [0.29, 0.717) is 5.82 Å². The Morgan fingerprint density at radius 1 is 1.31 bits per heavy atom. The second-order valence-corrected chi connectivity index (χ2v) is 3.18. The minimum Gasteiger partial charge on any atom is -0.338 e. The van der Waals surface area contributed by atoms with Gasteiger partial charge in [-0.2, -0.15) is 0 Å². The van der Waals surface area contributed by atoms with E-state index in [1.54, 1.807) is 18.3 Å². The number of pyridine rings is 1. The highest BCUT2D eigenvalue weighted by molar-refractivity contribution is 5.98. The van der Waals surface area contributed by atoms with Crippen molar-refractivity contribution in [2.24, 2.45) is 0 Å². The summed E-state index contributed by atoms with van der Waals surface area (Å²) in [4.78, 5) is 15.4. The Hall–Kier alpha value is -2.37. The lowest BCUT2D eigenvalue weighted by Gasteiger charge is -2.03. The van der Waals surface area contributed by atoms with Crippen molar-refractivity contribution in [1.82, 2.24) is 10.1 Å². The zero-order valence-electron chi connectivity index (χ0n) is 8.60. The third-order valence-corrected chi connectivity index (χ3v) is 1.83. The van der Waals surface area contributed by atoms with Gasteiger partial charge in [-0.25, -0.2) is 9.78 Å². The van der Waals surface area contributed by atoms with Gasteiger partial charge in [-0.15, -0.1) is 0 Å². The number of carbonyl (C=O) groups is 1. The van der Waals surface area contributed by atoms with Crippen molar-refractivity contribution in [3.63, 3.8) is 0 Å². The summed E-state index contributed by atoms with van der Waals surface area (Å²) in [5.41, 5.74) is 1.03. The summed E-state index contributed by atoms with van der Waals surface area (Å²) >= 11 is 0. The molecule has 0 atom stereocenters. The summed E-state index contributed by atoms with van der Waals surface area (Å²) in [7, 11) is 0. The first-order valence-corrected chi connectivity index (χ1v) is 4.65. The van der Waals surface area contributed by atoms with Gasteiger partial charge in [0.2, 0.25) is 5.88 Å². The maximum atomic E-state index is 11.4. The van der Waals surface area contributed by atoms with E-state index in [-0.39, 0.29) is 5.88 Å². The highest BCUT2D eigenvalue weighted by Crippen LogP contribution is 2.06. The lowest BCUT2D eigenvalue weighted by atomic mass is 10.3. The number of nitrogens with one attached hydrogen (secondary N) is 2. The number of hydrogen-bond donors (Lipinski definition) is 2.